The lowest BCUT2D eigenvalue weighted by Gasteiger charge is -2.23. The minimum atomic E-state index is -5.66. The number of nitrogens with two attached hydrogens (primary N) is 1. The zero-order valence-electron chi connectivity index (χ0n) is 18.8. The number of fused-ring (bicyclic) bond motifs is 2. The van der Waals surface area contributed by atoms with Gasteiger partial charge in [0, 0.05) is 11.8 Å². The zero-order valence-corrected chi connectivity index (χ0v) is 18.8. The Hall–Kier alpha value is -4.09. The van der Waals surface area contributed by atoms with Gasteiger partial charge in [0.25, 0.3) is 5.95 Å². The van der Waals surface area contributed by atoms with Gasteiger partial charge in [-0.3, -0.25) is 4.79 Å². The summed E-state index contributed by atoms with van der Waals surface area (Å²) in [6, 6.07) is 15.4. The van der Waals surface area contributed by atoms with Crippen LogP contribution in [0.3, 0.4) is 0 Å². The lowest BCUT2D eigenvalue weighted by Crippen LogP contribution is -2.36. The van der Waals surface area contributed by atoms with Crippen molar-refractivity contribution < 1.29 is 26.7 Å². The van der Waals surface area contributed by atoms with Crippen molar-refractivity contribution in [3.63, 3.8) is 0 Å². The predicted molar refractivity (Wildman–Crippen MR) is 122 cm³/mol. The number of carbonyl (C=O) groups is 1. The minimum Gasteiger partial charge on any atom is -0.383 e. The third-order valence-corrected chi connectivity index (χ3v) is 6.41. The molecule has 3 heterocycles. The van der Waals surface area contributed by atoms with E-state index in [0.29, 0.717) is 22.0 Å². The fourth-order valence-electron chi connectivity index (χ4n) is 4.42. The Morgan fingerprint density at radius 1 is 1.00 bits per heavy atom. The second-order valence-corrected chi connectivity index (χ2v) is 8.66. The van der Waals surface area contributed by atoms with E-state index in [-0.39, 0.29) is 29.2 Å². The molecule has 0 saturated heterocycles. The summed E-state index contributed by atoms with van der Waals surface area (Å²) in [7, 11) is 0. The Labute approximate surface area is 201 Å². The molecular weight excluding hydrogens is 483 g/mol. The molecule has 1 aliphatic heterocycles. The highest BCUT2D eigenvalue weighted by Gasteiger charge is 2.56. The molecule has 186 valence electrons. The van der Waals surface area contributed by atoms with Gasteiger partial charge >= 0.3 is 12.1 Å². The summed E-state index contributed by atoms with van der Waals surface area (Å²) in [5.41, 5.74) is 6.61. The maximum atomic E-state index is 13.6. The number of nitrogens with zero attached hydrogens (tertiary/aromatic N) is 4. The fourth-order valence-corrected chi connectivity index (χ4v) is 4.42. The summed E-state index contributed by atoms with van der Waals surface area (Å²) in [6.45, 7) is 1.70. The summed E-state index contributed by atoms with van der Waals surface area (Å²) in [6.07, 6.45) is -7.76. The van der Waals surface area contributed by atoms with Crippen molar-refractivity contribution in [1.29, 1.82) is 0 Å². The van der Waals surface area contributed by atoms with E-state index >= 15 is 0 Å². The van der Waals surface area contributed by atoms with Crippen LogP contribution in [0.4, 0.5) is 33.6 Å². The number of aromatic nitrogens is 4. The van der Waals surface area contributed by atoms with Crippen molar-refractivity contribution in [1.82, 2.24) is 19.7 Å². The van der Waals surface area contributed by atoms with Crippen LogP contribution in [0.1, 0.15) is 30.2 Å². The summed E-state index contributed by atoms with van der Waals surface area (Å²) < 4.78 is 66.3. The first-order chi connectivity index (χ1) is 16.9. The van der Waals surface area contributed by atoms with Crippen molar-refractivity contribution in [3.8, 4) is 5.95 Å². The van der Waals surface area contributed by atoms with Gasteiger partial charge in [0.1, 0.15) is 17.1 Å². The summed E-state index contributed by atoms with van der Waals surface area (Å²) in [5.74, 6) is -5.11. The molecule has 4 aromatic rings. The monoisotopic (exact) mass is 502 g/mol. The third-order valence-electron chi connectivity index (χ3n) is 6.41. The molecule has 36 heavy (non-hydrogen) atoms. The van der Waals surface area contributed by atoms with Gasteiger partial charge in [-0.05, 0) is 25.0 Å². The topological polar surface area (TPSA) is 98.7 Å². The number of para-hydroxylation sites is 1. The molecule has 1 aliphatic rings. The molecular formula is C24H19F5N6O. The van der Waals surface area contributed by atoms with Gasteiger partial charge in [0.05, 0.1) is 16.8 Å². The maximum absolute atomic E-state index is 13.6. The minimum absolute atomic E-state index is 0.00411. The molecule has 1 amide bonds. The largest absolute Gasteiger partial charge is 0.453 e. The van der Waals surface area contributed by atoms with E-state index in [1.807, 2.05) is 6.07 Å². The SMILES string of the molecule is CC1(c2ccccc2)C(=O)Nc2nc(-n3nc(CCC(F)(F)C(F)(F)F)c4ccccc43)nc(N)c21. The van der Waals surface area contributed by atoms with Crippen molar-refractivity contribution in [3.05, 3.63) is 71.4 Å². The molecule has 2 aromatic heterocycles. The van der Waals surface area contributed by atoms with E-state index in [1.165, 1.54) is 4.68 Å². The first-order valence-corrected chi connectivity index (χ1v) is 10.9. The zero-order chi connectivity index (χ0) is 25.9. The van der Waals surface area contributed by atoms with E-state index < -0.39 is 30.4 Å². The molecule has 0 fully saturated rings. The number of anilines is 2. The van der Waals surface area contributed by atoms with Crippen molar-refractivity contribution >= 4 is 28.4 Å². The third kappa shape index (κ3) is 3.55. The maximum Gasteiger partial charge on any atom is 0.453 e. The lowest BCUT2D eigenvalue weighted by molar-refractivity contribution is -0.284. The first kappa shape index (κ1) is 23.6. The van der Waals surface area contributed by atoms with Gasteiger partial charge in [-0.15, -0.1) is 0 Å². The van der Waals surface area contributed by atoms with Crippen LogP contribution in [0.15, 0.2) is 54.6 Å². The van der Waals surface area contributed by atoms with Gasteiger partial charge in [0.2, 0.25) is 5.91 Å². The second-order valence-electron chi connectivity index (χ2n) is 8.66. The van der Waals surface area contributed by atoms with Crippen molar-refractivity contribution in [2.24, 2.45) is 0 Å². The quantitative estimate of drug-likeness (QED) is 0.383. The van der Waals surface area contributed by atoms with Crippen LogP contribution < -0.4 is 11.1 Å². The van der Waals surface area contributed by atoms with Crippen LogP contribution in [0.5, 0.6) is 0 Å². The molecule has 3 N–H and O–H groups in total. The van der Waals surface area contributed by atoms with E-state index in [1.54, 1.807) is 55.5 Å². The van der Waals surface area contributed by atoms with Crippen LogP contribution in [0, 0.1) is 0 Å². The van der Waals surface area contributed by atoms with Gasteiger partial charge < -0.3 is 11.1 Å². The summed E-state index contributed by atoms with van der Waals surface area (Å²) in [4.78, 5) is 21.8. The molecule has 0 saturated carbocycles. The second kappa shape index (κ2) is 7.97. The number of hydrogen-bond donors (Lipinski definition) is 2. The molecule has 7 nitrogen and oxygen atoms in total. The fraction of sp³-hybridized carbons (Fsp3) is 0.250. The number of nitrogens with one attached hydrogen (secondary N) is 1. The van der Waals surface area contributed by atoms with E-state index in [4.69, 9.17) is 5.73 Å². The molecule has 1 unspecified atom stereocenters. The van der Waals surface area contributed by atoms with Crippen LogP contribution >= 0.6 is 0 Å². The number of amides is 1. The van der Waals surface area contributed by atoms with E-state index in [2.05, 4.69) is 20.4 Å². The van der Waals surface area contributed by atoms with Crippen LogP contribution in [0.2, 0.25) is 0 Å². The Bertz CT molecular complexity index is 1480. The molecule has 0 aliphatic carbocycles. The highest BCUT2D eigenvalue weighted by Crippen LogP contribution is 2.44. The number of rotatable bonds is 5. The average molecular weight is 502 g/mol. The number of alkyl halides is 5. The van der Waals surface area contributed by atoms with Crippen LogP contribution in [0.25, 0.3) is 16.9 Å². The number of benzene rings is 2. The van der Waals surface area contributed by atoms with Crippen molar-refractivity contribution in [2.75, 3.05) is 11.1 Å². The standard InChI is InChI=1S/C24H19F5N6O/c1-22(13-7-3-2-4-8-13)17-18(30)31-21(33-19(17)32-20(22)36)35-16-10-6-5-9-14(16)15(34-35)11-12-23(25,26)24(27,28)29/h2-10H,11-12H2,1H3,(H3,30,31,32,33,36). The molecule has 12 heteroatoms. The number of aryl methyl sites for hydroxylation is 1. The molecule has 0 radical (unpaired) electrons. The number of carbonyl (C=O) groups excluding carboxylic acids is 1. The smallest absolute Gasteiger partial charge is 0.383 e. The lowest BCUT2D eigenvalue weighted by atomic mass is 9.78. The number of hydrogen-bond acceptors (Lipinski definition) is 5. The van der Waals surface area contributed by atoms with E-state index in [9.17, 15) is 26.7 Å². The Balaban J connectivity index is 1.58. The Morgan fingerprint density at radius 3 is 2.36 bits per heavy atom. The molecule has 5 rings (SSSR count). The van der Waals surface area contributed by atoms with Crippen LogP contribution in [-0.4, -0.2) is 37.8 Å². The molecule has 0 spiro atoms. The van der Waals surface area contributed by atoms with Gasteiger partial charge in [0.15, 0.2) is 0 Å². The van der Waals surface area contributed by atoms with Gasteiger partial charge in [-0.25, -0.2) is 0 Å². The average Bonchev–Trinajstić information content (AvgIpc) is 3.33. The predicted octanol–water partition coefficient (Wildman–Crippen LogP) is 4.79. The summed E-state index contributed by atoms with van der Waals surface area (Å²) >= 11 is 0. The normalized spacial score (nSPS) is 17.9. The molecule has 2 aromatic carbocycles. The Morgan fingerprint density at radius 2 is 1.67 bits per heavy atom. The number of nitrogen functional groups attached to an aromatic ring is 1. The van der Waals surface area contributed by atoms with Crippen molar-refractivity contribution in [2.45, 2.75) is 37.3 Å². The van der Waals surface area contributed by atoms with Gasteiger partial charge in [-0.2, -0.15) is 41.7 Å². The molecule has 1 atom stereocenters. The Kier molecular flexibility index (Phi) is 5.23. The summed E-state index contributed by atoms with van der Waals surface area (Å²) in [5, 5.41) is 7.34. The highest BCUT2D eigenvalue weighted by atomic mass is 19.4. The highest BCUT2D eigenvalue weighted by molar-refractivity contribution is 6.09. The molecule has 0 bridgehead atoms. The van der Waals surface area contributed by atoms with E-state index in [0.717, 1.165) is 0 Å². The number of halogens is 5. The first-order valence-electron chi connectivity index (χ1n) is 10.9. The van der Waals surface area contributed by atoms with Gasteiger partial charge in [-0.1, -0.05) is 48.5 Å². The van der Waals surface area contributed by atoms with Crippen LogP contribution in [-0.2, 0) is 16.6 Å².